The van der Waals surface area contributed by atoms with Crippen LogP contribution in [0.3, 0.4) is 0 Å². The van der Waals surface area contributed by atoms with E-state index in [4.69, 9.17) is 9.47 Å². The van der Waals surface area contributed by atoms with Gasteiger partial charge in [-0.3, -0.25) is 20.4 Å². The Morgan fingerprint density at radius 3 is 2.65 bits per heavy atom. The molecule has 0 bridgehead atoms. The van der Waals surface area contributed by atoms with Crippen LogP contribution in [0.5, 0.6) is 11.5 Å². The van der Waals surface area contributed by atoms with E-state index in [1.165, 1.54) is 0 Å². The van der Waals surface area contributed by atoms with E-state index in [2.05, 4.69) is 31.9 Å². The lowest BCUT2D eigenvalue weighted by molar-refractivity contribution is 0.0843. The second kappa shape index (κ2) is 8.07. The van der Waals surface area contributed by atoms with E-state index in [1.54, 1.807) is 18.2 Å². The first-order chi connectivity index (χ1) is 15.1. The molecule has 2 amide bonds. The minimum atomic E-state index is -0.452. The molecule has 9 heteroatoms. The number of carbonyl (C=O) groups excluding carboxylic acids is 2. The monoisotopic (exact) mass is 482 g/mol. The van der Waals surface area contributed by atoms with Gasteiger partial charge >= 0.3 is 0 Å². The molecule has 0 radical (unpaired) electrons. The summed E-state index contributed by atoms with van der Waals surface area (Å²) in [6, 6.07) is 12.6. The number of benzene rings is 2. The smallest absolute Gasteiger partial charge is 0.290 e. The number of nitrogens with zero attached hydrogens (tertiary/aromatic N) is 2. The number of aromatic nitrogens is 2. The van der Waals surface area contributed by atoms with E-state index < -0.39 is 11.8 Å². The van der Waals surface area contributed by atoms with Gasteiger partial charge in [0.05, 0.1) is 5.69 Å². The van der Waals surface area contributed by atoms with Crippen molar-refractivity contribution in [2.24, 2.45) is 0 Å². The molecule has 2 heterocycles. The average molecular weight is 483 g/mol. The molecule has 2 aliphatic rings. The van der Waals surface area contributed by atoms with Crippen molar-refractivity contribution in [1.82, 2.24) is 20.6 Å². The quantitative estimate of drug-likeness (QED) is 0.558. The Morgan fingerprint density at radius 2 is 1.77 bits per heavy atom. The van der Waals surface area contributed by atoms with E-state index in [1.807, 2.05) is 28.9 Å². The molecule has 3 aromatic rings. The molecule has 158 valence electrons. The number of carbonyl (C=O) groups is 2. The van der Waals surface area contributed by atoms with Gasteiger partial charge < -0.3 is 9.47 Å². The fourth-order valence-corrected chi connectivity index (χ4v) is 4.27. The van der Waals surface area contributed by atoms with Gasteiger partial charge in [-0.15, -0.1) is 0 Å². The maximum atomic E-state index is 12.9. The van der Waals surface area contributed by atoms with Crippen molar-refractivity contribution in [3.63, 3.8) is 0 Å². The number of halogens is 1. The Bertz CT molecular complexity index is 1190. The summed E-state index contributed by atoms with van der Waals surface area (Å²) in [4.78, 5) is 25.4. The first kappa shape index (κ1) is 19.6. The summed E-state index contributed by atoms with van der Waals surface area (Å²) >= 11 is 3.49. The van der Waals surface area contributed by atoms with Crippen LogP contribution in [0.25, 0.3) is 5.69 Å². The van der Waals surface area contributed by atoms with Crippen LogP contribution in [0.4, 0.5) is 0 Å². The second-order valence-corrected chi connectivity index (χ2v) is 8.26. The standard InChI is InChI=1S/C22H19BrN4O4/c23-14-4-3-5-15(11-14)27-17-7-2-1-6-16(17)20(26-27)22(29)25-24-21(28)13-8-9-18-19(10-13)31-12-30-18/h3-5,8-11H,1-2,6-7,12H2,(H,24,28)(H,25,29). The third-order valence-electron chi connectivity index (χ3n) is 5.37. The predicted molar refractivity (Wildman–Crippen MR) is 115 cm³/mol. The fourth-order valence-electron chi connectivity index (χ4n) is 3.89. The fraction of sp³-hybridized carbons (Fsp3) is 0.227. The van der Waals surface area contributed by atoms with Crippen molar-refractivity contribution >= 4 is 27.7 Å². The normalized spacial score (nSPS) is 14.1. The molecule has 0 atom stereocenters. The van der Waals surface area contributed by atoms with Crippen LogP contribution in [0.2, 0.25) is 0 Å². The first-order valence-electron chi connectivity index (χ1n) is 9.97. The third-order valence-corrected chi connectivity index (χ3v) is 5.87. The van der Waals surface area contributed by atoms with Crippen LogP contribution in [0.15, 0.2) is 46.9 Å². The minimum Gasteiger partial charge on any atom is -0.454 e. The van der Waals surface area contributed by atoms with Crippen molar-refractivity contribution in [3.8, 4) is 17.2 Å². The van der Waals surface area contributed by atoms with Gasteiger partial charge in [-0.05, 0) is 62.1 Å². The molecular weight excluding hydrogens is 464 g/mol. The number of hydrazine groups is 1. The molecule has 0 saturated heterocycles. The van der Waals surface area contributed by atoms with Gasteiger partial charge in [0, 0.05) is 21.3 Å². The third kappa shape index (κ3) is 3.76. The highest BCUT2D eigenvalue weighted by Gasteiger charge is 2.26. The molecular formula is C22H19BrN4O4. The number of hydrogen-bond acceptors (Lipinski definition) is 5. The molecule has 1 aliphatic carbocycles. The second-order valence-electron chi connectivity index (χ2n) is 7.35. The Balaban J connectivity index is 1.36. The first-order valence-corrected chi connectivity index (χ1v) is 10.8. The van der Waals surface area contributed by atoms with Crippen molar-refractivity contribution in [2.45, 2.75) is 25.7 Å². The highest BCUT2D eigenvalue weighted by molar-refractivity contribution is 9.10. The van der Waals surface area contributed by atoms with E-state index >= 15 is 0 Å². The summed E-state index contributed by atoms with van der Waals surface area (Å²) in [5.74, 6) is 0.194. The van der Waals surface area contributed by atoms with Crippen LogP contribution in [0.1, 0.15) is 44.9 Å². The SMILES string of the molecule is O=C(NNC(=O)c1nn(-c2cccc(Br)c2)c2c1CCCC2)c1ccc2c(c1)OCO2. The summed E-state index contributed by atoms with van der Waals surface area (Å²) in [7, 11) is 0. The Hall–Kier alpha value is -3.33. The molecule has 2 N–H and O–H groups in total. The van der Waals surface area contributed by atoms with Crippen LogP contribution in [-0.4, -0.2) is 28.4 Å². The lowest BCUT2D eigenvalue weighted by atomic mass is 9.95. The van der Waals surface area contributed by atoms with Gasteiger partial charge in [-0.2, -0.15) is 5.10 Å². The zero-order chi connectivity index (χ0) is 21.4. The molecule has 0 saturated carbocycles. The summed E-state index contributed by atoms with van der Waals surface area (Å²) in [5.41, 5.74) is 8.50. The van der Waals surface area contributed by atoms with Crippen molar-refractivity contribution in [1.29, 1.82) is 0 Å². The summed E-state index contributed by atoms with van der Waals surface area (Å²) in [6.07, 6.45) is 3.68. The topological polar surface area (TPSA) is 94.5 Å². The van der Waals surface area contributed by atoms with Gasteiger partial charge in [0.25, 0.3) is 11.8 Å². The number of hydrogen-bond donors (Lipinski definition) is 2. The van der Waals surface area contributed by atoms with Crippen molar-refractivity contribution in [2.75, 3.05) is 6.79 Å². The van der Waals surface area contributed by atoms with Gasteiger partial charge in [0.15, 0.2) is 17.2 Å². The average Bonchev–Trinajstić information content (AvgIpc) is 3.41. The molecule has 8 nitrogen and oxygen atoms in total. The predicted octanol–water partition coefficient (Wildman–Crippen LogP) is 3.32. The van der Waals surface area contributed by atoms with Crippen LogP contribution in [0, 0.1) is 0 Å². The maximum absolute atomic E-state index is 12.9. The molecule has 0 fully saturated rings. The van der Waals surface area contributed by atoms with E-state index in [9.17, 15) is 9.59 Å². The molecule has 1 aromatic heterocycles. The zero-order valence-electron chi connectivity index (χ0n) is 16.5. The number of rotatable bonds is 3. The molecule has 0 spiro atoms. The van der Waals surface area contributed by atoms with Gasteiger partial charge in [0.2, 0.25) is 6.79 Å². The molecule has 0 unspecified atom stereocenters. The van der Waals surface area contributed by atoms with Gasteiger partial charge in [-0.25, -0.2) is 4.68 Å². The van der Waals surface area contributed by atoms with E-state index in [0.717, 1.165) is 47.1 Å². The van der Waals surface area contributed by atoms with Crippen LogP contribution >= 0.6 is 15.9 Å². The maximum Gasteiger partial charge on any atom is 0.290 e. The molecule has 2 aromatic carbocycles. The van der Waals surface area contributed by atoms with Crippen LogP contribution in [-0.2, 0) is 12.8 Å². The summed E-state index contributed by atoms with van der Waals surface area (Å²) < 4.78 is 13.3. The van der Waals surface area contributed by atoms with E-state index in [0.29, 0.717) is 22.8 Å². The summed E-state index contributed by atoms with van der Waals surface area (Å²) in [6.45, 7) is 0.128. The lowest BCUT2D eigenvalue weighted by Crippen LogP contribution is -2.42. The van der Waals surface area contributed by atoms with Gasteiger partial charge in [-0.1, -0.05) is 22.0 Å². The number of amides is 2. The Morgan fingerprint density at radius 1 is 0.968 bits per heavy atom. The zero-order valence-corrected chi connectivity index (χ0v) is 18.1. The molecule has 5 rings (SSSR count). The summed E-state index contributed by atoms with van der Waals surface area (Å²) in [5, 5.41) is 4.60. The highest BCUT2D eigenvalue weighted by atomic mass is 79.9. The Labute approximate surface area is 186 Å². The molecule has 31 heavy (non-hydrogen) atoms. The van der Waals surface area contributed by atoms with Crippen molar-refractivity contribution in [3.05, 3.63) is 69.5 Å². The lowest BCUT2D eigenvalue weighted by Gasteiger charge is -2.14. The number of ether oxygens (including phenoxy) is 2. The van der Waals surface area contributed by atoms with Crippen molar-refractivity contribution < 1.29 is 19.1 Å². The highest BCUT2D eigenvalue weighted by Crippen LogP contribution is 2.32. The number of nitrogens with one attached hydrogen (secondary N) is 2. The van der Waals surface area contributed by atoms with Crippen LogP contribution < -0.4 is 20.3 Å². The molecule has 1 aliphatic heterocycles. The minimum absolute atomic E-state index is 0.128. The van der Waals surface area contributed by atoms with E-state index in [-0.39, 0.29) is 6.79 Å². The number of fused-ring (bicyclic) bond motifs is 2. The largest absolute Gasteiger partial charge is 0.454 e. The van der Waals surface area contributed by atoms with Gasteiger partial charge in [0.1, 0.15) is 0 Å². The Kier molecular flexibility index (Phi) is 5.11.